The molecule has 0 bridgehead atoms. The molecule has 0 amide bonds. The molecule has 0 N–H and O–H groups in total. The van der Waals surface area contributed by atoms with E-state index in [9.17, 15) is 0 Å². The van der Waals surface area contributed by atoms with Crippen molar-refractivity contribution in [3.63, 3.8) is 0 Å². The summed E-state index contributed by atoms with van der Waals surface area (Å²) in [4.78, 5) is 2.32. The number of rotatable bonds is 6. The van der Waals surface area contributed by atoms with Crippen molar-refractivity contribution < 1.29 is 4.42 Å². The Bertz CT molecular complexity index is 3530. The van der Waals surface area contributed by atoms with Crippen molar-refractivity contribution in [2.45, 2.75) is 0 Å². The van der Waals surface area contributed by atoms with E-state index in [4.69, 9.17) is 4.42 Å². The minimum Gasteiger partial charge on any atom is -0.454 e. The van der Waals surface area contributed by atoms with Gasteiger partial charge in [-0.3, -0.25) is 0 Å². The minimum absolute atomic E-state index is 0.865. The largest absolute Gasteiger partial charge is 0.454 e. The summed E-state index contributed by atoms with van der Waals surface area (Å²) in [6, 6.07) is 78.6. The van der Waals surface area contributed by atoms with Gasteiger partial charge < -0.3 is 13.9 Å². The van der Waals surface area contributed by atoms with Gasteiger partial charge in [0.25, 0.3) is 0 Å². The van der Waals surface area contributed by atoms with Gasteiger partial charge in [-0.2, -0.15) is 0 Å². The van der Waals surface area contributed by atoms with E-state index in [1.807, 2.05) is 12.1 Å². The monoisotopic (exact) mass is 752 g/mol. The second-order valence-electron chi connectivity index (χ2n) is 15.3. The molecule has 3 nitrogen and oxygen atoms in total. The van der Waals surface area contributed by atoms with Crippen molar-refractivity contribution in [1.82, 2.24) is 4.57 Å². The molecule has 0 aliphatic heterocycles. The fourth-order valence-electron chi connectivity index (χ4n) is 9.23. The second kappa shape index (κ2) is 13.4. The first kappa shape index (κ1) is 33.3. The van der Waals surface area contributed by atoms with Gasteiger partial charge in [0.05, 0.1) is 16.7 Å². The molecule has 2 aromatic heterocycles. The summed E-state index contributed by atoms with van der Waals surface area (Å²) in [7, 11) is 0. The van der Waals surface area contributed by atoms with Crippen LogP contribution in [0.25, 0.3) is 93.2 Å². The lowest BCUT2D eigenvalue weighted by atomic mass is 9.98. The Hall–Kier alpha value is -7.88. The number of hydrogen-bond acceptors (Lipinski definition) is 2. The van der Waals surface area contributed by atoms with Crippen LogP contribution in [-0.2, 0) is 0 Å². The van der Waals surface area contributed by atoms with E-state index in [1.165, 1.54) is 54.5 Å². The van der Waals surface area contributed by atoms with Gasteiger partial charge in [-0.25, -0.2) is 0 Å². The third-order valence-electron chi connectivity index (χ3n) is 12.0. The van der Waals surface area contributed by atoms with Gasteiger partial charge >= 0.3 is 0 Å². The maximum atomic E-state index is 6.61. The second-order valence-corrected chi connectivity index (χ2v) is 15.3. The molecular weight excluding hydrogens is 717 g/mol. The maximum Gasteiger partial charge on any atom is 0.159 e. The molecule has 3 heteroatoms. The number of furan rings is 1. The van der Waals surface area contributed by atoms with Crippen LogP contribution in [0.4, 0.5) is 17.1 Å². The molecule has 0 aliphatic rings. The van der Waals surface area contributed by atoms with E-state index in [1.54, 1.807) is 0 Å². The highest BCUT2D eigenvalue weighted by Gasteiger charge is 2.20. The van der Waals surface area contributed by atoms with Gasteiger partial charge in [0.1, 0.15) is 5.58 Å². The Labute approximate surface area is 341 Å². The fraction of sp³-hybridized carbons (Fsp3) is 0. The molecule has 0 fully saturated rings. The summed E-state index contributed by atoms with van der Waals surface area (Å²) in [5.41, 5.74) is 13.1. The molecule has 12 aromatic rings. The molecule has 0 aliphatic carbocycles. The van der Waals surface area contributed by atoms with Crippen LogP contribution in [0.2, 0.25) is 0 Å². The van der Waals surface area contributed by atoms with Crippen molar-refractivity contribution in [3.05, 3.63) is 218 Å². The molecule has 0 atom stereocenters. The van der Waals surface area contributed by atoms with Crippen molar-refractivity contribution in [2.24, 2.45) is 0 Å². The first-order chi connectivity index (χ1) is 29.3. The summed E-state index contributed by atoms with van der Waals surface area (Å²) in [6.07, 6.45) is 0. The summed E-state index contributed by atoms with van der Waals surface area (Å²) in [6.45, 7) is 0. The molecule has 10 aromatic carbocycles. The first-order valence-corrected chi connectivity index (χ1v) is 20.2. The Morgan fingerprint density at radius 3 is 1.68 bits per heavy atom. The zero-order valence-corrected chi connectivity index (χ0v) is 32.1. The molecule has 2 heterocycles. The van der Waals surface area contributed by atoms with Crippen LogP contribution in [0.1, 0.15) is 0 Å². The van der Waals surface area contributed by atoms with Crippen molar-refractivity contribution in [1.29, 1.82) is 0 Å². The summed E-state index contributed by atoms with van der Waals surface area (Å²) in [5, 5.41) is 9.80. The molecule has 59 heavy (non-hydrogen) atoms. The molecule has 0 saturated carbocycles. The maximum absolute atomic E-state index is 6.61. The highest BCUT2D eigenvalue weighted by molar-refractivity contribution is 6.21. The van der Waals surface area contributed by atoms with Crippen LogP contribution >= 0.6 is 0 Å². The van der Waals surface area contributed by atoms with Crippen LogP contribution in [0.3, 0.4) is 0 Å². The summed E-state index contributed by atoms with van der Waals surface area (Å²) < 4.78 is 9.01. The summed E-state index contributed by atoms with van der Waals surface area (Å²) >= 11 is 0. The number of benzene rings is 10. The van der Waals surface area contributed by atoms with Crippen LogP contribution in [0.15, 0.2) is 223 Å². The zero-order chi connectivity index (χ0) is 38.9. The molecule has 0 spiro atoms. The fourth-order valence-corrected chi connectivity index (χ4v) is 9.23. The zero-order valence-electron chi connectivity index (χ0n) is 32.1. The molecule has 0 radical (unpaired) electrons. The van der Waals surface area contributed by atoms with E-state index >= 15 is 0 Å². The number of anilines is 3. The lowest BCUT2D eigenvalue weighted by Crippen LogP contribution is -2.10. The van der Waals surface area contributed by atoms with E-state index in [-0.39, 0.29) is 0 Å². The van der Waals surface area contributed by atoms with Gasteiger partial charge in [-0.15, -0.1) is 0 Å². The van der Waals surface area contributed by atoms with E-state index < -0.39 is 0 Å². The van der Waals surface area contributed by atoms with Crippen molar-refractivity contribution >= 4 is 82.4 Å². The van der Waals surface area contributed by atoms with E-state index in [2.05, 4.69) is 216 Å². The number of fused-ring (bicyclic) bond motifs is 9. The van der Waals surface area contributed by atoms with Crippen molar-refractivity contribution in [2.75, 3.05) is 4.90 Å². The smallest absolute Gasteiger partial charge is 0.159 e. The van der Waals surface area contributed by atoms with Crippen LogP contribution in [0.5, 0.6) is 0 Å². The standard InChI is InChI=1S/C56H36N2O/c1-3-14-45-39(11-1)13-9-18-46(45)41-27-34-43(35-28-41)57(53-21-10-19-49-48-16-6-8-22-54(48)59-56(49)53)42-30-23-37(24-31-42)38-25-32-44(33-26-38)58-51-20-7-5-17-50(51)55-47-15-4-2-12-40(47)29-36-52(55)58/h1-36H. The number of aromatic nitrogens is 1. The Morgan fingerprint density at radius 2 is 0.915 bits per heavy atom. The number of nitrogens with zero attached hydrogens (tertiary/aromatic N) is 2. The normalized spacial score (nSPS) is 11.7. The first-order valence-electron chi connectivity index (χ1n) is 20.2. The van der Waals surface area contributed by atoms with Gasteiger partial charge in [-0.1, -0.05) is 158 Å². The molecule has 0 saturated heterocycles. The van der Waals surface area contributed by atoms with Crippen molar-refractivity contribution in [3.8, 4) is 27.9 Å². The quantitative estimate of drug-likeness (QED) is 0.169. The Balaban J connectivity index is 0.940. The molecule has 0 unspecified atom stereocenters. The average molecular weight is 753 g/mol. The Morgan fingerprint density at radius 1 is 0.356 bits per heavy atom. The number of hydrogen-bond donors (Lipinski definition) is 0. The Kier molecular flexibility index (Phi) is 7.54. The molecule has 276 valence electrons. The lowest BCUT2D eigenvalue weighted by molar-refractivity contribution is 0.669. The van der Waals surface area contributed by atoms with E-state index in [0.29, 0.717) is 0 Å². The minimum atomic E-state index is 0.865. The van der Waals surface area contributed by atoms with Crippen LogP contribution < -0.4 is 4.90 Å². The predicted molar refractivity (Wildman–Crippen MR) is 249 cm³/mol. The van der Waals surface area contributed by atoms with Gasteiger partial charge in [0.15, 0.2) is 5.58 Å². The van der Waals surface area contributed by atoms with Crippen LogP contribution in [-0.4, -0.2) is 4.57 Å². The highest BCUT2D eigenvalue weighted by atomic mass is 16.3. The summed E-state index contributed by atoms with van der Waals surface area (Å²) in [5.74, 6) is 0. The lowest BCUT2D eigenvalue weighted by Gasteiger charge is -2.26. The van der Waals surface area contributed by atoms with Gasteiger partial charge in [-0.05, 0) is 104 Å². The van der Waals surface area contributed by atoms with E-state index in [0.717, 1.165) is 55.8 Å². The average Bonchev–Trinajstić information content (AvgIpc) is 3.86. The number of para-hydroxylation sites is 3. The predicted octanol–water partition coefficient (Wildman–Crippen LogP) is 15.8. The highest BCUT2D eigenvalue weighted by Crippen LogP contribution is 2.43. The van der Waals surface area contributed by atoms with Crippen LogP contribution in [0, 0.1) is 0 Å². The van der Waals surface area contributed by atoms with Gasteiger partial charge in [0.2, 0.25) is 0 Å². The third-order valence-corrected chi connectivity index (χ3v) is 12.0. The third kappa shape index (κ3) is 5.36. The molecular formula is C56H36N2O. The SMILES string of the molecule is c1ccc2c(-c3ccc(N(c4ccc(-c5ccc(-n6c7ccccc7c7c8ccccc8ccc76)cc5)cc4)c4cccc5c4oc4ccccc45)cc3)cccc2c1. The topological polar surface area (TPSA) is 21.3 Å². The van der Waals surface area contributed by atoms with Gasteiger partial charge in [0, 0.05) is 38.6 Å². The molecule has 12 rings (SSSR count).